The number of benzene rings is 1. The number of ether oxygens (including phenoxy) is 2. The molecule has 2 saturated heterocycles. The van der Waals surface area contributed by atoms with E-state index >= 15 is 0 Å². The lowest BCUT2D eigenvalue weighted by molar-refractivity contribution is -0.164. The fraction of sp³-hybridized carbons (Fsp3) is 0.556. The number of carboxylic acids is 1. The molecule has 1 N–H and O–H groups in total. The van der Waals surface area contributed by atoms with Crippen molar-refractivity contribution in [2.75, 3.05) is 19.7 Å². The summed E-state index contributed by atoms with van der Waals surface area (Å²) in [5.41, 5.74) is 0.456. The number of hydrogen-bond acceptors (Lipinski definition) is 4. The minimum absolute atomic E-state index is 0.143. The van der Waals surface area contributed by atoms with Gasteiger partial charge in [-0.25, -0.2) is 4.79 Å². The Balaban J connectivity index is 1.71. The molecular weight excluding hydrogens is 310 g/mol. The second-order valence-corrected chi connectivity index (χ2v) is 6.80. The van der Waals surface area contributed by atoms with Gasteiger partial charge in [-0.3, -0.25) is 4.79 Å². The first-order valence-corrected chi connectivity index (χ1v) is 8.27. The molecule has 130 valence electrons. The molecule has 3 rings (SSSR count). The highest BCUT2D eigenvalue weighted by Crippen LogP contribution is 2.32. The molecule has 2 aliphatic heterocycles. The van der Waals surface area contributed by atoms with Crippen LogP contribution in [0.3, 0.4) is 0 Å². The van der Waals surface area contributed by atoms with E-state index in [9.17, 15) is 9.59 Å². The first-order chi connectivity index (χ1) is 11.4. The second-order valence-electron chi connectivity index (χ2n) is 6.80. The van der Waals surface area contributed by atoms with E-state index in [2.05, 4.69) is 0 Å². The number of carbonyl (C=O) groups excluding carboxylic acids is 1. The minimum Gasteiger partial charge on any atom is -0.479 e. The second kappa shape index (κ2) is 6.53. The van der Waals surface area contributed by atoms with Crippen LogP contribution in [0.2, 0.25) is 0 Å². The Morgan fingerprint density at radius 2 is 2.00 bits per heavy atom. The van der Waals surface area contributed by atoms with E-state index in [-0.39, 0.29) is 11.8 Å². The predicted molar refractivity (Wildman–Crippen MR) is 86.4 cm³/mol. The van der Waals surface area contributed by atoms with Crippen LogP contribution in [0.1, 0.15) is 25.8 Å². The van der Waals surface area contributed by atoms with E-state index < -0.39 is 23.8 Å². The van der Waals surface area contributed by atoms with Gasteiger partial charge in [0.15, 0.2) is 6.10 Å². The van der Waals surface area contributed by atoms with Gasteiger partial charge in [0.2, 0.25) is 0 Å². The molecule has 1 amide bonds. The van der Waals surface area contributed by atoms with Crippen LogP contribution >= 0.6 is 0 Å². The van der Waals surface area contributed by atoms with E-state index in [1.165, 1.54) is 0 Å². The third-order valence-corrected chi connectivity index (χ3v) is 4.90. The summed E-state index contributed by atoms with van der Waals surface area (Å²) in [6.45, 7) is 5.15. The lowest BCUT2D eigenvalue weighted by Crippen LogP contribution is -2.53. The molecular formula is C18H23NO5. The maximum Gasteiger partial charge on any atom is 0.333 e. The average Bonchev–Trinajstić information content (AvgIpc) is 2.97. The molecule has 1 aromatic rings. The molecule has 2 fully saturated rings. The molecule has 2 aliphatic rings. The van der Waals surface area contributed by atoms with Crippen LogP contribution in [0, 0.1) is 5.92 Å². The zero-order valence-corrected chi connectivity index (χ0v) is 14.0. The number of nitrogens with zero attached hydrogens (tertiary/aromatic N) is 1. The Hall–Kier alpha value is -1.92. The minimum atomic E-state index is -1.01. The molecule has 0 saturated carbocycles. The predicted octanol–water partition coefficient (Wildman–Crippen LogP) is 1.64. The van der Waals surface area contributed by atoms with E-state index in [4.69, 9.17) is 14.6 Å². The maximum absolute atomic E-state index is 12.8. The number of rotatable bonds is 3. The van der Waals surface area contributed by atoms with Crippen molar-refractivity contribution in [3.8, 4) is 0 Å². The molecule has 0 radical (unpaired) electrons. The van der Waals surface area contributed by atoms with Gasteiger partial charge < -0.3 is 19.5 Å². The summed E-state index contributed by atoms with van der Waals surface area (Å²) in [7, 11) is 0. The highest BCUT2D eigenvalue weighted by Gasteiger charge is 2.44. The first kappa shape index (κ1) is 16.9. The monoisotopic (exact) mass is 333 g/mol. The van der Waals surface area contributed by atoms with Gasteiger partial charge in [-0.05, 0) is 24.8 Å². The Morgan fingerprint density at radius 1 is 1.29 bits per heavy atom. The summed E-state index contributed by atoms with van der Waals surface area (Å²) in [5, 5.41) is 9.16. The Kier molecular flexibility index (Phi) is 4.60. The lowest BCUT2D eigenvalue weighted by Gasteiger charge is -2.41. The highest BCUT2D eigenvalue weighted by molar-refractivity contribution is 5.83. The number of hydrogen-bond donors (Lipinski definition) is 1. The summed E-state index contributed by atoms with van der Waals surface area (Å²) >= 11 is 0. The average molecular weight is 333 g/mol. The third kappa shape index (κ3) is 3.16. The summed E-state index contributed by atoms with van der Waals surface area (Å²) in [6, 6.07) is 9.82. The van der Waals surface area contributed by atoms with Gasteiger partial charge in [-0.1, -0.05) is 37.3 Å². The molecule has 2 heterocycles. The topological polar surface area (TPSA) is 76.1 Å². The number of carbonyl (C=O) groups is 2. The molecule has 6 nitrogen and oxygen atoms in total. The van der Waals surface area contributed by atoms with E-state index in [0.717, 1.165) is 5.56 Å². The zero-order chi connectivity index (χ0) is 17.3. The Labute approximate surface area is 141 Å². The van der Waals surface area contributed by atoms with E-state index in [1.807, 2.05) is 37.3 Å². The van der Waals surface area contributed by atoms with Gasteiger partial charge in [-0.15, -0.1) is 0 Å². The van der Waals surface area contributed by atoms with Gasteiger partial charge in [0, 0.05) is 6.54 Å². The van der Waals surface area contributed by atoms with Gasteiger partial charge >= 0.3 is 5.97 Å². The smallest absolute Gasteiger partial charge is 0.333 e. The molecule has 24 heavy (non-hydrogen) atoms. The van der Waals surface area contributed by atoms with Crippen LogP contribution < -0.4 is 0 Å². The van der Waals surface area contributed by atoms with Crippen molar-refractivity contribution >= 4 is 11.9 Å². The van der Waals surface area contributed by atoms with Crippen LogP contribution in [0.25, 0.3) is 0 Å². The van der Waals surface area contributed by atoms with Crippen molar-refractivity contribution in [3.05, 3.63) is 35.9 Å². The van der Waals surface area contributed by atoms with E-state index in [0.29, 0.717) is 26.1 Å². The van der Waals surface area contributed by atoms with Crippen LogP contribution in [-0.2, 0) is 24.7 Å². The van der Waals surface area contributed by atoms with Crippen molar-refractivity contribution in [2.45, 2.75) is 38.1 Å². The number of aliphatic carboxylic acids is 1. The van der Waals surface area contributed by atoms with Gasteiger partial charge in [-0.2, -0.15) is 0 Å². The van der Waals surface area contributed by atoms with Crippen LogP contribution in [0.4, 0.5) is 0 Å². The largest absolute Gasteiger partial charge is 0.479 e. The first-order valence-electron chi connectivity index (χ1n) is 8.27. The van der Waals surface area contributed by atoms with Gasteiger partial charge in [0.25, 0.3) is 5.91 Å². The van der Waals surface area contributed by atoms with Gasteiger partial charge in [0.05, 0.1) is 13.2 Å². The summed E-state index contributed by atoms with van der Waals surface area (Å²) in [5.74, 6) is -1.32. The van der Waals surface area contributed by atoms with Crippen LogP contribution in [0.15, 0.2) is 30.3 Å². The standard InChI is InChI=1S/C18H23NO5/c1-12-10-14(24-15(12)17(21)22)16(20)19-8-9-23-18(2,11-19)13-6-4-3-5-7-13/h3-7,12,14-15H,8-11H2,1-2H3,(H,21,22)/t12-,14-,15-,18?/m1/s1. The molecule has 0 aliphatic carbocycles. The summed E-state index contributed by atoms with van der Waals surface area (Å²) in [6.07, 6.45) is -1.14. The van der Waals surface area contributed by atoms with Crippen LogP contribution in [0.5, 0.6) is 0 Å². The van der Waals surface area contributed by atoms with Crippen molar-refractivity contribution in [2.24, 2.45) is 5.92 Å². The normalized spacial score (nSPS) is 33.4. The molecule has 1 aromatic carbocycles. The fourth-order valence-electron chi connectivity index (χ4n) is 3.52. The fourth-order valence-corrected chi connectivity index (χ4v) is 3.52. The number of amides is 1. The molecule has 4 atom stereocenters. The van der Waals surface area contributed by atoms with Gasteiger partial charge in [0.1, 0.15) is 11.7 Å². The Bertz CT molecular complexity index is 619. The summed E-state index contributed by atoms with van der Waals surface area (Å²) in [4.78, 5) is 25.7. The Morgan fingerprint density at radius 3 is 2.62 bits per heavy atom. The quantitative estimate of drug-likeness (QED) is 0.910. The van der Waals surface area contributed by atoms with Crippen molar-refractivity contribution < 1.29 is 24.2 Å². The molecule has 0 aromatic heterocycles. The third-order valence-electron chi connectivity index (χ3n) is 4.90. The molecule has 1 unspecified atom stereocenters. The van der Waals surface area contributed by atoms with Crippen molar-refractivity contribution in [1.82, 2.24) is 4.90 Å². The lowest BCUT2D eigenvalue weighted by atomic mass is 9.93. The summed E-state index contributed by atoms with van der Waals surface area (Å²) < 4.78 is 11.4. The zero-order valence-electron chi connectivity index (χ0n) is 14.0. The molecule has 6 heteroatoms. The molecule has 0 spiro atoms. The number of carboxylic acid groups (broad SMARTS) is 1. The number of morpholine rings is 1. The SMILES string of the molecule is C[C@@H]1C[C@H](C(=O)N2CCOC(C)(c3ccccc3)C2)O[C@H]1C(=O)O. The van der Waals surface area contributed by atoms with E-state index in [1.54, 1.807) is 11.8 Å². The van der Waals surface area contributed by atoms with Crippen molar-refractivity contribution in [3.63, 3.8) is 0 Å². The molecule has 0 bridgehead atoms. The highest BCUT2D eigenvalue weighted by atomic mass is 16.5. The maximum atomic E-state index is 12.8. The van der Waals surface area contributed by atoms with Crippen molar-refractivity contribution in [1.29, 1.82) is 0 Å². The van der Waals surface area contributed by atoms with Crippen LogP contribution in [-0.4, -0.2) is 53.8 Å².